The zero-order valence-corrected chi connectivity index (χ0v) is 22.2. The second kappa shape index (κ2) is 9.01. The molecule has 0 unspecified atom stereocenters. The van der Waals surface area contributed by atoms with Crippen LogP contribution >= 0.6 is 23.2 Å². The number of ether oxygens (including phenoxy) is 4. The maximum absolute atomic E-state index is 13.5. The zero-order chi connectivity index (χ0) is 26.7. The fraction of sp³-hybridized carbons (Fsp3) is 0.0714. The number of halogens is 2. The summed E-state index contributed by atoms with van der Waals surface area (Å²) < 4.78 is 48.4. The van der Waals surface area contributed by atoms with Gasteiger partial charge >= 0.3 is 0 Å². The monoisotopic (exact) mass is 578 g/mol. The Morgan fingerprint density at radius 1 is 0.615 bits per heavy atom. The van der Waals surface area contributed by atoms with Crippen LogP contribution in [0.15, 0.2) is 80.4 Å². The van der Waals surface area contributed by atoms with Crippen molar-refractivity contribution in [2.24, 2.45) is 9.98 Å². The second-order valence-electron chi connectivity index (χ2n) is 8.83. The topological polar surface area (TPSA) is 95.8 Å². The molecule has 4 aromatic carbocycles. The van der Waals surface area contributed by atoms with Crippen molar-refractivity contribution in [2.45, 2.75) is 9.79 Å². The van der Waals surface area contributed by atoms with E-state index in [0.717, 1.165) is 0 Å². The summed E-state index contributed by atoms with van der Waals surface area (Å²) in [7, 11) is -3.78. The van der Waals surface area contributed by atoms with Crippen LogP contribution in [0, 0.1) is 0 Å². The molecule has 0 saturated heterocycles. The lowest BCUT2D eigenvalue weighted by molar-refractivity contribution is 0.173. The predicted molar refractivity (Wildman–Crippen MR) is 147 cm³/mol. The van der Waals surface area contributed by atoms with Crippen molar-refractivity contribution in [1.29, 1.82) is 0 Å². The van der Waals surface area contributed by atoms with Crippen molar-refractivity contribution in [3.8, 4) is 34.1 Å². The Kier molecular flexibility index (Phi) is 5.55. The first-order valence-corrected chi connectivity index (χ1v) is 13.9. The first kappa shape index (κ1) is 24.0. The Morgan fingerprint density at radius 2 is 1.03 bits per heavy atom. The third-order valence-corrected chi connectivity index (χ3v) is 8.98. The summed E-state index contributed by atoms with van der Waals surface area (Å²) in [4.78, 5) is 9.28. The van der Waals surface area contributed by atoms with E-state index in [1.807, 2.05) is 0 Å². The molecule has 8 nitrogen and oxygen atoms in total. The van der Waals surface area contributed by atoms with Gasteiger partial charge in [-0.1, -0.05) is 35.3 Å². The summed E-state index contributed by atoms with van der Waals surface area (Å²) in [6, 6.07) is 16.9. The van der Waals surface area contributed by atoms with E-state index in [0.29, 0.717) is 66.7 Å². The van der Waals surface area contributed by atoms with Gasteiger partial charge in [-0.05, 0) is 36.4 Å². The summed E-state index contributed by atoms with van der Waals surface area (Å²) in [5.41, 5.74) is 3.40. The number of sulfone groups is 1. The number of hydrogen-bond acceptors (Lipinski definition) is 8. The van der Waals surface area contributed by atoms with Gasteiger partial charge < -0.3 is 18.9 Å². The standard InChI is InChI=1S/C28H16Cl2N2O6S/c29-21-9-25-23(35-13-37-25)5-15(21)11-31-17-1-3-19-20-4-2-18(8-28(20)39(33,34)27(19)7-17)32-12-16-6-24-26(10-22(16)30)38-14-36-24/h1-12H,13-14H2. The Morgan fingerprint density at radius 3 is 1.46 bits per heavy atom. The molecule has 0 N–H and O–H groups in total. The van der Waals surface area contributed by atoms with Gasteiger partial charge in [0.05, 0.1) is 31.2 Å². The number of nitrogens with zero attached hydrogens (tertiary/aromatic N) is 2. The SMILES string of the molecule is O=S1(=O)c2cc(N=Cc3cc4c(cc3Cl)OCO4)ccc2-c2ccc(N=Cc3cc4c(cc3Cl)OCO4)cc21. The number of hydrogen-bond donors (Lipinski definition) is 0. The van der Waals surface area contributed by atoms with Crippen LogP contribution in [0.1, 0.15) is 11.1 Å². The molecule has 0 spiro atoms. The molecule has 3 heterocycles. The van der Waals surface area contributed by atoms with Crippen LogP contribution < -0.4 is 18.9 Å². The minimum Gasteiger partial charge on any atom is -0.454 e. The van der Waals surface area contributed by atoms with Crippen molar-refractivity contribution in [3.63, 3.8) is 0 Å². The molecule has 7 rings (SSSR count). The van der Waals surface area contributed by atoms with Crippen molar-refractivity contribution in [2.75, 3.05) is 13.6 Å². The van der Waals surface area contributed by atoms with Gasteiger partial charge in [-0.3, -0.25) is 9.98 Å². The third-order valence-electron chi connectivity index (χ3n) is 6.49. The lowest BCUT2D eigenvalue weighted by atomic mass is 10.1. The summed E-state index contributed by atoms with van der Waals surface area (Å²) in [6.07, 6.45) is 3.13. The van der Waals surface area contributed by atoms with Gasteiger partial charge in [0.25, 0.3) is 0 Å². The van der Waals surface area contributed by atoms with Crippen LogP contribution in [0.5, 0.6) is 23.0 Å². The quantitative estimate of drug-likeness (QED) is 0.218. The molecule has 11 heteroatoms. The van der Waals surface area contributed by atoms with Gasteiger partial charge in [0.15, 0.2) is 23.0 Å². The van der Waals surface area contributed by atoms with E-state index in [1.165, 1.54) is 0 Å². The summed E-state index contributed by atoms with van der Waals surface area (Å²) in [5, 5.41) is 0.888. The van der Waals surface area contributed by atoms with E-state index in [4.69, 9.17) is 42.1 Å². The van der Waals surface area contributed by atoms with Crippen LogP contribution in [0.3, 0.4) is 0 Å². The molecule has 0 fully saturated rings. The first-order valence-electron chi connectivity index (χ1n) is 11.7. The van der Waals surface area contributed by atoms with Crippen molar-refractivity contribution in [1.82, 2.24) is 0 Å². The van der Waals surface area contributed by atoms with Crippen molar-refractivity contribution < 1.29 is 27.4 Å². The van der Waals surface area contributed by atoms with Crippen LogP contribution in [0.25, 0.3) is 11.1 Å². The maximum atomic E-state index is 13.5. The number of rotatable bonds is 4. The lowest BCUT2D eigenvalue weighted by Gasteiger charge is -2.03. The van der Waals surface area contributed by atoms with Gasteiger partial charge in [-0.25, -0.2) is 8.42 Å². The molecule has 0 bridgehead atoms. The molecule has 3 aliphatic heterocycles. The van der Waals surface area contributed by atoms with Crippen LogP contribution in [0.4, 0.5) is 11.4 Å². The van der Waals surface area contributed by atoms with Gasteiger partial charge in [-0.15, -0.1) is 0 Å². The molecule has 0 amide bonds. The Labute approximate surface area is 233 Å². The minimum absolute atomic E-state index is 0.134. The summed E-state index contributed by atoms with van der Waals surface area (Å²) >= 11 is 12.7. The molecule has 4 aromatic rings. The normalized spacial score (nSPS) is 15.7. The molecular formula is C28H16Cl2N2O6S. The van der Waals surface area contributed by atoms with Crippen LogP contribution in [0.2, 0.25) is 10.0 Å². The molecule has 0 saturated carbocycles. The van der Waals surface area contributed by atoms with Gasteiger partial charge in [0, 0.05) is 46.8 Å². The summed E-state index contributed by atoms with van der Waals surface area (Å²) in [6.45, 7) is 0.267. The van der Waals surface area contributed by atoms with Crippen molar-refractivity contribution in [3.05, 3.63) is 81.8 Å². The molecular weight excluding hydrogens is 563 g/mol. The van der Waals surface area contributed by atoms with Crippen LogP contribution in [-0.4, -0.2) is 34.4 Å². The molecule has 3 aliphatic rings. The van der Waals surface area contributed by atoms with E-state index in [-0.39, 0.29) is 23.4 Å². The molecule has 39 heavy (non-hydrogen) atoms. The van der Waals surface area contributed by atoms with E-state index >= 15 is 0 Å². The largest absolute Gasteiger partial charge is 0.454 e. The van der Waals surface area contributed by atoms with E-state index in [2.05, 4.69) is 9.98 Å². The lowest BCUT2D eigenvalue weighted by Crippen LogP contribution is -1.96. The highest BCUT2D eigenvalue weighted by atomic mass is 35.5. The summed E-state index contributed by atoms with van der Waals surface area (Å²) in [5.74, 6) is 2.29. The molecule has 0 atom stereocenters. The number of benzene rings is 4. The average molecular weight is 579 g/mol. The Hall–Kier alpha value is -4.05. The Bertz CT molecular complexity index is 1740. The smallest absolute Gasteiger partial charge is 0.231 e. The Balaban J connectivity index is 1.18. The predicted octanol–water partition coefficient (Wildman–Crippen LogP) is 6.77. The van der Waals surface area contributed by atoms with E-state index < -0.39 is 9.84 Å². The molecule has 194 valence electrons. The van der Waals surface area contributed by atoms with E-state index in [9.17, 15) is 8.42 Å². The van der Waals surface area contributed by atoms with Crippen LogP contribution in [-0.2, 0) is 9.84 Å². The third kappa shape index (κ3) is 4.10. The number of fused-ring (bicyclic) bond motifs is 5. The molecule has 0 radical (unpaired) electrons. The zero-order valence-electron chi connectivity index (χ0n) is 19.9. The van der Waals surface area contributed by atoms with Crippen molar-refractivity contribution >= 4 is 56.8 Å². The van der Waals surface area contributed by atoms with E-state index in [1.54, 1.807) is 73.1 Å². The van der Waals surface area contributed by atoms with Gasteiger partial charge in [0.2, 0.25) is 23.4 Å². The fourth-order valence-electron chi connectivity index (χ4n) is 4.54. The highest BCUT2D eigenvalue weighted by molar-refractivity contribution is 7.92. The molecule has 0 aliphatic carbocycles. The minimum atomic E-state index is -3.78. The highest BCUT2D eigenvalue weighted by Gasteiger charge is 2.33. The number of aliphatic imine (C=N–C) groups is 2. The second-order valence-corrected chi connectivity index (χ2v) is 11.5. The highest BCUT2D eigenvalue weighted by Crippen LogP contribution is 2.46. The average Bonchev–Trinajstić information content (AvgIpc) is 3.63. The van der Waals surface area contributed by atoms with Gasteiger partial charge in [0.1, 0.15) is 0 Å². The first-order chi connectivity index (χ1) is 18.9. The van der Waals surface area contributed by atoms with Gasteiger partial charge in [-0.2, -0.15) is 0 Å². The maximum Gasteiger partial charge on any atom is 0.231 e. The fourth-order valence-corrected chi connectivity index (χ4v) is 6.67. The molecule has 0 aromatic heterocycles.